The van der Waals surface area contributed by atoms with Gasteiger partial charge in [-0.05, 0) is 59.7 Å². The number of hydrogen-bond acceptors (Lipinski definition) is 8. The van der Waals surface area contributed by atoms with E-state index in [0.717, 1.165) is 11.1 Å². The minimum absolute atomic E-state index is 0.00688. The molecule has 12 heteroatoms. The molecule has 4 aromatic carbocycles. The van der Waals surface area contributed by atoms with Crippen molar-refractivity contribution in [1.29, 1.82) is 0 Å². The lowest BCUT2D eigenvalue weighted by atomic mass is 10.0. The predicted octanol–water partition coefficient (Wildman–Crippen LogP) is 3.08. The average molecular weight is 710 g/mol. The molecule has 0 heterocycles. The van der Waals surface area contributed by atoms with E-state index in [1.54, 1.807) is 76.8 Å². The second-order valence-corrected chi connectivity index (χ2v) is 12.2. The predicted molar refractivity (Wildman–Crippen MR) is 200 cm³/mol. The van der Waals surface area contributed by atoms with E-state index >= 15 is 0 Å². The first kappa shape index (κ1) is 39.1. The van der Waals surface area contributed by atoms with Gasteiger partial charge < -0.3 is 35.0 Å². The molecule has 0 saturated heterocycles. The van der Waals surface area contributed by atoms with Gasteiger partial charge >= 0.3 is 0 Å². The summed E-state index contributed by atoms with van der Waals surface area (Å²) >= 11 is 0. The molecule has 274 valence electrons. The summed E-state index contributed by atoms with van der Waals surface area (Å²) in [5.74, 6) is -0.391. The van der Waals surface area contributed by atoms with E-state index in [2.05, 4.69) is 10.6 Å². The van der Waals surface area contributed by atoms with Crippen molar-refractivity contribution in [2.24, 2.45) is 0 Å². The van der Waals surface area contributed by atoms with Gasteiger partial charge in [0.25, 0.3) is 0 Å². The smallest absolute Gasteiger partial charge is 0.249 e. The van der Waals surface area contributed by atoms with Gasteiger partial charge in [0.1, 0.15) is 23.6 Å². The van der Waals surface area contributed by atoms with Crippen LogP contribution in [0.25, 0.3) is 0 Å². The van der Waals surface area contributed by atoms with Crippen LogP contribution in [0.2, 0.25) is 0 Å². The van der Waals surface area contributed by atoms with Crippen LogP contribution in [0.3, 0.4) is 0 Å². The topological polar surface area (TPSA) is 141 Å². The fourth-order valence-electron chi connectivity index (χ4n) is 5.67. The second kappa shape index (κ2) is 19.6. The fourth-order valence-corrected chi connectivity index (χ4v) is 5.67. The van der Waals surface area contributed by atoms with Crippen LogP contribution >= 0.6 is 0 Å². The molecule has 3 N–H and O–H groups in total. The molecule has 4 aromatic rings. The molecule has 0 spiro atoms. The second-order valence-electron chi connectivity index (χ2n) is 12.2. The van der Waals surface area contributed by atoms with Crippen molar-refractivity contribution in [2.45, 2.75) is 24.9 Å². The molecular weight excluding hydrogens is 662 g/mol. The van der Waals surface area contributed by atoms with E-state index < -0.39 is 23.9 Å². The number of ether oxygens (including phenoxy) is 2. The summed E-state index contributed by atoms with van der Waals surface area (Å²) in [5.41, 5.74) is 2.94. The van der Waals surface area contributed by atoms with E-state index in [1.807, 2.05) is 60.7 Å². The third-order valence-corrected chi connectivity index (χ3v) is 8.56. The Hall–Kier alpha value is -5.72. The van der Waals surface area contributed by atoms with Crippen molar-refractivity contribution in [3.05, 3.63) is 120 Å². The Morgan fingerprint density at radius 1 is 0.596 bits per heavy atom. The highest BCUT2D eigenvalue weighted by Gasteiger charge is 2.28. The lowest BCUT2D eigenvalue weighted by molar-refractivity contribution is -0.130. The molecule has 0 saturated carbocycles. The number of likely N-dealkylation sites (N-methyl/N-ethyl adjacent to an activating group) is 2. The van der Waals surface area contributed by atoms with E-state index in [9.17, 15) is 24.3 Å². The Balaban J connectivity index is 1.46. The van der Waals surface area contributed by atoms with E-state index in [1.165, 1.54) is 14.7 Å². The molecule has 4 rings (SSSR count). The summed E-state index contributed by atoms with van der Waals surface area (Å²) in [5, 5.41) is 15.5. The van der Waals surface area contributed by atoms with Crippen LogP contribution in [0.5, 0.6) is 11.5 Å². The quantitative estimate of drug-likeness (QED) is 0.143. The van der Waals surface area contributed by atoms with Crippen LogP contribution in [0.4, 0.5) is 11.4 Å². The van der Waals surface area contributed by atoms with Crippen molar-refractivity contribution < 1.29 is 33.8 Å². The summed E-state index contributed by atoms with van der Waals surface area (Å²) in [4.78, 5) is 59.0. The summed E-state index contributed by atoms with van der Waals surface area (Å²) < 4.78 is 10.5. The van der Waals surface area contributed by atoms with Crippen molar-refractivity contribution in [2.75, 3.05) is 64.4 Å². The van der Waals surface area contributed by atoms with Gasteiger partial charge in [0.2, 0.25) is 23.6 Å². The maximum absolute atomic E-state index is 13.8. The SMILES string of the molecule is COc1ccc(N(C)C(=O)[C@H](Cc2ccccc2)NC(=O)CN(CCO)CC(=O)N[C@@H](Cc2ccccc2)C(=O)N(C)c2ccc(OC)cc2)cc1. The first-order valence-electron chi connectivity index (χ1n) is 16.9. The Labute approximate surface area is 304 Å². The van der Waals surface area contributed by atoms with Gasteiger partial charge in [-0.3, -0.25) is 24.1 Å². The largest absolute Gasteiger partial charge is 0.497 e. The van der Waals surface area contributed by atoms with E-state index in [0.29, 0.717) is 22.9 Å². The highest BCUT2D eigenvalue weighted by atomic mass is 16.5. The van der Waals surface area contributed by atoms with Crippen LogP contribution in [0.15, 0.2) is 109 Å². The molecule has 4 amide bonds. The molecule has 0 fully saturated rings. The number of nitrogens with zero attached hydrogens (tertiary/aromatic N) is 3. The van der Waals surface area contributed by atoms with Gasteiger partial charge in [-0.25, -0.2) is 0 Å². The monoisotopic (exact) mass is 709 g/mol. The molecule has 12 nitrogen and oxygen atoms in total. The Kier molecular flexibility index (Phi) is 14.7. The molecule has 0 aromatic heterocycles. The van der Waals surface area contributed by atoms with E-state index in [-0.39, 0.29) is 50.9 Å². The number of aliphatic hydroxyl groups is 1. The summed E-state index contributed by atoms with van der Waals surface area (Å²) in [6.45, 7) is -0.865. The number of carbonyl (C=O) groups is 4. The third-order valence-electron chi connectivity index (χ3n) is 8.56. The van der Waals surface area contributed by atoms with Crippen LogP contribution in [-0.4, -0.2) is 100 Å². The maximum Gasteiger partial charge on any atom is 0.249 e. The van der Waals surface area contributed by atoms with Gasteiger partial charge in [0, 0.05) is 44.9 Å². The van der Waals surface area contributed by atoms with Crippen molar-refractivity contribution in [3.63, 3.8) is 0 Å². The standard InChI is InChI=1S/C40H47N5O7/c1-43(31-15-19-33(51-3)20-16-31)39(49)35(25-29-11-7-5-8-12-29)41-37(47)27-45(23-24-46)28-38(48)42-36(26-30-13-9-6-10-14-30)40(50)44(2)32-17-21-34(52-4)22-18-32/h5-22,35-36,46H,23-28H2,1-4H3,(H,41,47)(H,42,48)/t35-,36-/m0/s1. The molecular formula is C40H47N5O7. The summed E-state index contributed by atoms with van der Waals surface area (Å²) in [6.07, 6.45) is 0.467. The zero-order chi connectivity index (χ0) is 37.5. The molecule has 0 aliphatic rings. The van der Waals surface area contributed by atoms with Crippen molar-refractivity contribution >= 4 is 35.0 Å². The lowest BCUT2D eigenvalue weighted by Crippen LogP contribution is -2.53. The first-order chi connectivity index (χ1) is 25.1. The van der Waals surface area contributed by atoms with Crippen LogP contribution < -0.4 is 29.9 Å². The van der Waals surface area contributed by atoms with Crippen molar-refractivity contribution in [3.8, 4) is 11.5 Å². The number of amides is 4. The zero-order valence-corrected chi connectivity index (χ0v) is 30.0. The minimum Gasteiger partial charge on any atom is -0.497 e. The van der Waals surface area contributed by atoms with Crippen LogP contribution in [0.1, 0.15) is 11.1 Å². The number of hydrogen-bond donors (Lipinski definition) is 3. The summed E-state index contributed by atoms with van der Waals surface area (Å²) in [7, 11) is 6.39. The molecule has 0 aliphatic heterocycles. The minimum atomic E-state index is -0.923. The van der Waals surface area contributed by atoms with E-state index in [4.69, 9.17) is 9.47 Å². The number of anilines is 2. The highest BCUT2D eigenvalue weighted by Crippen LogP contribution is 2.21. The number of methoxy groups -OCH3 is 2. The highest BCUT2D eigenvalue weighted by molar-refractivity contribution is 6.00. The molecule has 0 aliphatic carbocycles. The van der Waals surface area contributed by atoms with Gasteiger partial charge in [-0.15, -0.1) is 0 Å². The van der Waals surface area contributed by atoms with Gasteiger partial charge in [-0.2, -0.15) is 0 Å². The summed E-state index contributed by atoms with van der Waals surface area (Å²) in [6, 6.07) is 30.8. The molecule has 2 atom stereocenters. The van der Waals surface area contributed by atoms with Crippen LogP contribution in [-0.2, 0) is 32.0 Å². The van der Waals surface area contributed by atoms with Gasteiger partial charge in [0.15, 0.2) is 0 Å². The molecule has 0 unspecified atom stereocenters. The number of carbonyl (C=O) groups excluding carboxylic acids is 4. The number of aliphatic hydroxyl groups excluding tert-OH is 1. The Morgan fingerprint density at radius 3 is 1.29 bits per heavy atom. The molecule has 52 heavy (non-hydrogen) atoms. The number of nitrogens with one attached hydrogen (secondary N) is 2. The number of benzene rings is 4. The average Bonchev–Trinajstić information content (AvgIpc) is 3.17. The molecule has 0 radical (unpaired) electrons. The lowest BCUT2D eigenvalue weighted by Gasteiger charge is -2.28. The molecule has 0 bridgehead atoms. The van der Waals surface area contributed by atoms with Crippen LogP contribution in [0, 0.1) is 0 Å². The normalized spacial score (nSPS) is 12.0. The van der Waals surface area contributed by atoms with Crippen molar-refractivity contribution in [1.82, 2.24) is 15.5 Å². The third kappa shape index (κ3) is 11.4. The Bertz CT molecular complexity index is 1610. The number of rotatable bonds is 18. The zero-order valence-electron chi connectivity index (χ0n) is 30.0. The fraction of sp³-hybridized carbons (Fsp3) is 0.300. The Morgan fingerprint density at radius 2 is 0.962 bits per heavy atom. The van der Waals surface area contributed by atoms with Gasteiger partial charge in [-0.1, -0.05) is 60.7 Å². The maximum atomic E-state index is 13.8. The van der Waals surface area contributed by atoms with Gasteiger partial charge in [0.05, 0.1) is 33.9 Å². The first-order valence-corrected chi connectivity index (χ1v) is 16.9.